The van der Waals surface area contributed by atoms with Gasteiger partial charge in [0.25, 0.3) is 5.91 Å². The number of ether oxygens (including phenoxy) is 2. The van der Waals surface area contributed by atoms with Crippen molar-refractivity contribution in [3.8, 4) is 17.0 Å². The third-order valence-electron chi connectivity index (χ3n) is 5.97. The van der Waals surface area contributed by atoms with E-state index >= 15 is 0 Å². The summed E-state index contributed by atoms with van der Waals surface area (Å²) in [5.41, 5.74) is 4.78. The van der Waals surface area contributed by atoms with Crippen LogP contribution in [0.5, 0.6) is 5.75 Å². The largest absolute Gasteiger partial charge is 0.499 e. The molecule has 1 amide bonds. The zero-order chi connectivity index (χ0) is 23.5. The van der Waals surface area contributed by atoms with Crippen molar-refractivity contribution in [3.63, 3.8) is 0 Å². The summed E-state index contributed by atoms with van der Waals surface area (Å²) in [6.45, 7) is 0. The zero-order valence-electron chi connectivity index (χ0n) is 19.1. The van der Waals surface area contributed by atoms with E-state index in [0.717, 1.165) is 40.6 Å². The lowest BCUT2D eigenvalue weighted by atomic mass is 10.00. The lowest BCUT2D eigenvalue weighted by molar-refractivity contribution is 0.0927. The van der Waals surface area contributed by atoms with Crippen LogP contribution in [0.4, 0.5) is 0 Å². The Labute approximate surface area is 198 Å². The number of nitrogens with one attached hydrogen (secondary N) is 1. The number of rotatable bonds is 7. The molecule has 1 aliphatic rings. The Hall–Kier alpha value is -4.19. The molecule has 1 aliphatic carbocycles. The highest BCUT2D eigenvalue weighted by Gasteiger charge is 2.30. The van der Waals surface area contributed by atoms with Gasteiger partial charge in [0.05, 0.1) is 25.3 Å². The minimum Gasteiger partial charge on any atom is -0.499 e. The molecule has 170 valence electrons. The lowest BCUT2D eigenvalue weighted by Crippen LogP contribution is -2.31. The van der Waals surface area contributed by atoms with Gasteiger partial charge in [0.1, 0.15) is 17.5 Å². The molecule has 1 N–H and O–H groups in total. The smallest absolute Gasteiger partial charge is 0.256 e. The molecule has 0 saturated heterocycles. The number of methoxy groups -OCH3 is 2. The maximum atomic E-state index is 14.0. The number of aromatic nitrogens is 2. The van der Waals surface area contributed by atoms with Gasteiger partial charge in [-0.15, -0.1) is 0 Å². The number of fused-ring (bicyclic) bond motifs is 1. The first kappa shape index (κ1) is 21.6. The van der Waals surface area contributed by atoms with Gasteiger partial charge in [-0.2, -0.15) is 0 Å². The summed E-state index contributed by atoms with van der Waals surface area (Å²) >= 11 is 0. The van der Waals surface area contributed by atoms with Crippen LogP contribution in [0.1, 0.15) is 34.8 Å². The number of carbonyl (C=O) groups excluding carboxylic acids is 1. The molecule has 2 aromatic heterocycles. The van der Waals surface area contributed by atoms with E-state index in [-0.39, 0.29) is 5.91 Å². The molecule has 6 heteroatoms. The van der Waals surface area contributed by atoms with Crippen LogP contribution in [0.3, 0.4) is 0 Å². The van der Waals surface area contributed by atoms with Crippen molar-refractivity contribution in [2.24, 2.45) is 0 Å². The van der Waals surface area contributed by atoms with E-state index in [0.29, 0.717) is 17.0 Å². The van der Waals surface area contributed by atoms with Crippen molar-refractivity contribution in [2.75, 3.05) is 14.2 Å². The number of allylic oxidation sites excluding steroid dienone is 1. The third kappa shape index (κ3) is 4.10. The van der Waals surface area contributed by atoms with Crippen molar-refractivity contribution in [1.82, 2.24) is 15.3 Å². The normalized spacial score (nSPS) is 13.3. The van der Waals surface area contributed by atoms with Crippen LogP contribution in [0, 0.1) is 0 Å². The van der Waals surface area contributed by atoms with E-state index in [2.05, 4.69) is 10.3 Å². The van der Waals surface area contributed by atoms with Gasteiger partial charge in [-0.3, -0.25) is 9.78 Å². The van der Waals surface area contributed by atoms with Crippen LogP contribution in [0.25, 0.3) is 22.2 Å². The molecule has 1 atom stereocenters. The Bertz CT molecular complexity index is 1360. The molecule has 34 heavy (non-hydrogen) atoms. The minimum atomic E-state index is -0.435. The number of benzene rings is 2. The molecule has 2 heterocycles. The van der Waals surface area contributed by atoms with Gasteiger partial charge >= 0.3 is 0 Å². The summed E-state index contributed by atoms with van der Waals surface area (Å²) in [4.78, 5) is 22.9. The Morgan fingerprint density at radius 3 is 2.32 bits per heavy atom. The maximum Gasteiger partial charge on any atom is 0.256 e. The van der Waals surface area contributed by atoms with Gasteiger partial charge in [-0.1, -0.05) is 48.5 Å². The molecule has 5 rings (SSSR count). The predicted molar refractivity (Wildman–Crippen MR) is 131 cm³/mol. The molecule has 1 saturated carbocycles. The fourth-order valence-electron chi connectivity index (χ4n) is 4.24. The van der Waals surface area contributed by atoms with Crippen molar-refractivity contribution in [1.29, 1.82) is 0 Å². The minimum absolute atomic E-state index is 0.259. The second-order valence-corrected chi connectivity index (χ2v) is 8.11. The second-order valence-electron chi connectivity index (χ2n) is 8.11. The van der Waals surface area contributed by atoms with Gasteiger partial charge < -0.3 is 14.8 Å². The number of carbonyl (C=O) groups is 1. The average molecular weight is 452 g/mol. The average Bonchev–Trinajstić information content (AvgIpc) is 3.73. The van der Waals surface area contributed by atoms with E-state index in [4.69, 9.17) is 14.5 Å². The number of pyridine rings is 2. The highest BCUT2D eigenvalue weighted by molar-refractivity contribution is 6.10. The molecular formula is C28H25N3O3. The van der Waals surface area contributed by atoms with Crippen molar-refractivity contribution in [3.05, 3.63) is 102 Å². The van der Waals surface area contributed by atoms with E-state index in [1.165, 1.54) is 5.57 Å². The first-order chi connectivity index (χ1) is 16.7. The van der Waals surface area contributed by atoms with Crippen LogP contribution in [0.15, 0.2) is 90.5 Å². The lowest BCUT2D eigenvalue weighted by Gasteiger charge is -2.23. The molecule has 6 nitrogen and oxygen atoms in total. The quantitative estimate of drug-likeness (QED) is 0.377. The molecule has 2 aromatic carbocycles. The molecular weight excluding hydrogens is 426 g/mol. The Balaban J connectivity index is 1.66. The van der Waals surface area contributed by atoms with Crippen molar-refractivity contribution >= 4 is 16.8 Å². The van der Waals surface area contributed by atoms with Crippen molar-refractivity contribution < 1.29 is 14.3 Å². The van der Waals surface area contributed by atoms with Crippen LogP contribution < -0.4 is 10.1 Å². The third-order valence-corrected chi connectivity index (χ3v) is 5.97. The summed E-state index contributed by atoms with van der Waals surface area (Å²) in [5, 5.41) is 3.94. The number of hydrogen-bond acceptors (Lipinski definition) is 5. The van der Waals surface area contributed by atoms with Gasteiger partial charge in [0.2, 0.25) is 0 Å². The van der Waals surface area contributed by atoms with Gasteiger partial charge in [-0.25, -0.2) is 4.98 Å². The number of amides is 1. The Kier molecular flexibility index (Phi) is 5.95. The molecule has 0 radical (unpaired) electrons. The summed E-state index contributed by atoms with van der Waals surface area (Å²) in [7, 11) is 3.22. The van der Waals surface area contributed by atoms with Crippen LogP contribution in [0.2, 0.25) is 0 Å². The summed E-state index contributed by atoms with van der Waals surface area (Å²) in [6.07, 6.45) is 5.38. The monoisotopic (exact) mass is 451 g/mol. The molecule has 0 aliphatic heterocycles. The van der Waals surface area contributed by atoms with Crippen LogP contribution in [-0.4, -0.2) is 30.1 Å². The van der Waals surface area contributed by atoms with Crippen molar-refractivity contribution in [2.45, 2.75) is 18.9 Å². The Morgan fingerprint density at radius 2 is 1.65 bits per heavy atom. The number of para-hydroxylation sites is 1. The van der Waals surface area contributed by atoms with Gasteiger partial charge in [0, 0.05) is 23.3 Å². The first-order valence-electron chi connectivity index (χ1n) is 11.2. The molecule has 1 unspecified atom stereocenters. The number of hydrogen-bond donors (Lipinski definition) is 1. The molecule has 4 aromatic rings. The molecule has 0 spiro atoms. The van der Waals surface area contributed by atoms with Crippen LogP contribution in [-0.2, 0) is 4.74 Å². The Morgan fingerprint density at radius 1 is 0.941 bits per heavy atom. The summed E-state index contributed by atoms with van der Waals surface area (Å²) in [5.74, 6) is 0.958. The van der Waals surface area contributed by atoms with E-state index < -0.39 is 6.04 Å². The predicted octanol–water partition coefficient (Wildman–Crippen LogP) is 5.47. The molecule has 0 bridgehead atoms. The van der Waals surface area contributed by atoms with E-state index in [9.17, 15) is 4.79 Å². The maximum absolute atomic E-state index is 14.0. The fraction of sp³-hybridized carbons (Fsp3) is 0.179. The highest BCUT2D eigenvalue weighted by Crippen LogP contribution is 2.39. The number of nitrogens with zero attached hydrogens (tertiary/aromatic N) is 2. The SMILES string of the molecule is COC(=C1CC1)C(NC(=O)c1c(OC)c(-c2ccccc2)nc2ccccc12)c1ccncc1. The fourth-order valence-corrected chi connectivity index (χ4v) is 4.24. The summed E-state index contributed by atoms with van der Waals surface area (Å²) < 4.78 is 11.6. The molecule has 1 fully saturated rings. The summed E-state index contributed by atoms with van der Waals surface area (Å²) in [6, 6.07) is 20.7. The first-order valence-corrected chi connectivity index (χ1v) is 11.2. The topological polar surface area (TPSA) is 73.3 Å². The second kappa shape index (κ2) is 9.35. The van der Waals surface area contributed by atoms with E-state index in [1.54, 1.807) is 26.6 Å². The highest BCUT2D eigenvalue weighted by atomic mass is 16.5. The standard InChI is InChI=1S/C28H25N3O3/c1-33-26(20-12-13-20)24(19-14-16-29-17-15-19)31-28(32)23-21-10-6-7-11-22(21)30-25(27(23)34-2)18-8-4-3-5-9-18/h3-11,14-17,24H,12-13H2,1-2H3,(H,31,32). The van der Waals surface area contributed by atoms with E-state index in [1.807, 2.05) is 66.7 Å². The van der Waals surface area contributed by atoms with Gasteiger partial charge in [-0.05, 0) is 42.2 Å². The zero-order valence-corrected chi connectivity index (χ0v) is 19.1. The van der Waals surface area contributed by atoms with Crippen LogP contribution >= 0.6 is 0 Å². The van der Waals surface area contributed by atoms with Gasteiger partial charge in [0.15, 0.2) is 5.75 Å².